The van der Waals surface area contributed by atoms with Crippen molar-refractivity contribution in [1.29, 1.82) is 0 Å². The molecule has 0 amide bonds. The van der Waals surface area contributed by atoms with Gasteiger partial charge in [-0.15, -0.1) is 0 Å². The van der Waals surface area contributed by atoms with Gasteiger partial charge in [0.05, 0.1) is 15.9 Å². The average Bonchev–Trinajstić information content (AvgIpc) is 2.47. The van der Waals surface area contributed by atoms with E-state index >= 15 is 0 Å². The van der Waals surface area contributed by atoms with Crippen molar-refractivity contribution < 1.29 is 13.5 Å². The van der Waals surface area contributed by atoms with E-state index in [1.54, 1.807) is 6.20 Å². The number of nitrogens with one attached hydrogen (secondary N) is 1. The molecule has 0 aromatic rings. The molecule has 1 aliphatic heterocycles. The van der Waals surface area contributed by atoms with Crippen molar-refractivity contribution >= 4 is 18.1 Å². The van der Waals surface area contributed by atoms with Gasteiger partial charge in [-0.1, -0.05) is 19.9 Å². The molecule has 1 saturated heterocycles. The third-order valence-electron chi connectivity index (χ3n) is 4.10. The molecule has 0 saturated carbocycles. The smallest absolute Gasteiger partial charge is 0.403 e. The Kier molecular flexibility index (Phi) is 5.09. The van der Waals surface area contributed by atoms with Crippen LogP contribution in [-0.2, 0) is 20.3 Å². The molecule has 1 aliphatic rings. The molecule has 0 radical (unpaired) electrons. The van der Waals surface area contributed by atoms with Crippen LogP contribution in [0.2, 0.25) is 5.31 Å². The molecule has 21 heavy (non-hydrogen) atoms. The molecular weight excluding hydrogens is 285 g/mol. The lowest BCUT2D eigenvalue weighted by molar-refractivity contribution is 0.00578. The van der Waals surface area contributed by atoms with E-state index in [1.165, 1.54) is 0 Å². The van der Waals surface area contributed by atoms with Crippen molar-refractivity contribution in [3.8, 4) is 0 Å². The predicted molar refractivity (Wildman–Crippen MR) is 90.3 cm³/mol. The molecule has 0 aliphatic carbocycles. The minimum atomic E-state index is -1.12. The fourth-order valence-electron chi connectivity index (χ4n) is 1.71. The quantitative estimate of drug-likeness (QED) is 0.809. The molecule has 1 N–H and O–H groups in total. The monoisotopic (exact) mass is 315 g/mol. The second-order valence-electron chi connectivity index (χ2n) is 8.24. The summed E-state index contributed by atoms with van der Waals surface area (Å²) in [6.45, 7) is 18.1. The zero-order chi connectivity index (χ0) is 16.7. The molecule has 0 aromatic carbocycles. The molecule has 4 nitrogen and oxygen atoms in total. The van der Waals surface area contributed by atoms with Crippen LogP contribution >= 0.6 is 0 Å². The van der Waals surface area contributed by atoms with E-state index in [4.69, 9.17) is 9.31 Å². The van der Waals surface area contributed by atoms with Crippen LogP contribution in [0.4, 0.5) is 0 Å². The van der Waals surface area contributed by atoms with Crippen LogP contribution in [0.1, 0.15) is 62.3 Å². The summed E-state index contributed by atoms with van der Waals surface area (Å²) in [5.41, 5.74) is -0.686. The summed E-state index contributed by atoms with van der Waals surface area (Å²) in [5.74, 6) is 0. The molecule has 0 bridgehead atoms. The van der Waals surface area contributed by atoms with Crippen molar-refractivity contribution in [2.24, 2.45) is 0 Å². The molecule has 0 spiro atoms. The maximum absolute atomic E-state index is 12.0. The zero-order valence-electron chi connectivity index (χ0n) is 14.9. The van der Waals surface area contributed by atoms with E-state index in [0.29, 0.717) is 0 Å². The van der Waals surface area contributed by atoms with E-state index in [-0.39, 0.29) is 28.4 Å². The molecule has 0 aromatic heterocycles. The number of allylic oxidation sites excluding steroid dienone is 1. The van der Waals surface area contributed by atoms with Gasteiger partial charge in [0.15, 0.2) is 0 Å². The fourth-order valence-corrected chi connectivity index (χ4v) is 2.26. The molecule has 1 atom stereocenters. The van der Waals surface area contributed by atoms with Gasteiger partial charge in [-0.2, -0.15) is 0 Å². The topological polar surface area (TPSA) is 47.6 Å². The minimum Gasteiger partial charge on any atom is -0.403 e. The Morgan fingerprint density at radius 2 is 1.43 bits per heavy atom. The molecule has 1 fully saturated rings. The predicted octanol–water partition coefficient (Wildman–Crippen LogP) is 3.42. The highest BCUT2D eigenvalue weighted by Gasteiger charge is 2.55. The van der Waals surface area contributed by atoms with Crippen LogP contribution in [0.3, 0.4) is 0 Å². The molecule has 6 heteroatoms. The highest BCUT2D eigenvalue weighted by molar-refractivity contribution is 7.84. The Hall–Kier alpha value is -0.325. The third kappa shape index (κ3) is 4.33. The summed E-state index contributed by atoms with van der Waals surface area (Å²) < 4.78 is 26.7. The first-order valence-corrected chi connectivity index (χ1v) is 8.55. The van der Waals surface area contributed by atoms with Gasteiger partial charge in [-0.25, -0.2) is 4.21 Å². The zero-order valence-corrected chi connectivity index (χ0v) is 15.7. The number of hydrogen-bond acceptors (Lipinski definition) is 3. The lowest BCUT2D eigenvalue weighted by Crippen LogP contribution is -2.41. The van der Waals surface area contributed by atoms with Gasteiger partial charge < -0.3 is 14.0 Å². The summed E-state index contributed by atoms with van der Waals surface area (Å²) >= 11 is 0. The lowest BCUT2D eigenvalue weighted by atomic mass is 9.60. The Bertz CT molecular complexity index is 423. The van der Waals surface area contributed by atoms with Gasteiger partial charge in [0.2, 0.25) is 0 Å². The summed E-state index contributed by atoms with van der Waals surface area (Å²) in [6, 6.07) is 0. The highest BCUT2D eigenvalue weighted by Crippen LogP contribution is 2.45. The molecule has 1 rings (SSSR count). The maximum atomic E-state index is 12.0. The van der Waals surface area contributed by atoms with Crippen LogP contribution in [0.5, 0.6) is 0 Å². The van der Waals surface area contributed by atoms with E-state index in [1.807, 2.05) is 68.4 Å². The second kappa shape index (κ2) is 5.71. The normalized spacial score (nSPS) is 23.6. The van der Waals surface area contributed by atoms with Crippen LogP contribution < -0.4 is 4.72 Å². The molecular formula is C15H30BNO3S. The molecule has 122 valence electrons. The number of rotatable bonds is 4. The average molecular weight is 315 g/mol. The van der Waals surface area contributed by atoms with Gasteiger partial charge >= 0.3 is 7.12 Å². The van der Waals surface area contributed by atoms with Crippen molar-refractivity contribution in [2.45, 2.75) is 83.6 Å². The first-order chi connectivity index (χ1) is 9.19. The SMILES string of the molecule is CC(C)(/C=C/NS(=O)C(C)(C)C)B1OC(C)(C)C(C)(C)O1. The van der Waals surface area contributed by atoms with Crippen molar-refractivity contribution in [3.63, 3.8) is 0 Å². The van der Waals surface area contributed by atoms with Gasteiger partial charge in [0.1, 0.15) is 11.0 Å². The minimum absolute atomic E-state index is 0.293. The van der Waals surface area contributed by atoms with Gasteiger partial charge in [-0.3, -0.25) is 0 Å². The Labute approximate surface area is 132 Å². The Balaban J connectivity index is 2.73. The van der Waals surface area contributed by atoms with E-state index in [0.717, 1.165) is 0 Å². The fraction of sp³-hybridized carbons (Fsp3) is 0.867. The standard InChI is InChI=1S/C15H30BNO3S/c1-12(2,3)21(18)17-11-10-13(4,5)16-19-14(6,7)15(8,9)20-16/h10-11,17H,1-9H3/b11-10+. The van der Waals surface area contributed by atoms with Gasteiger partial charge in [0, 0.05) is 11.5 Å². The van der Waals surface area contributed by atoms with Crippen molar-refractivity contribution in [3.05, 3.63) is 12.3 Å². The van der Waals surface area contributed by atoms with Crippen molar-refractivity contribution in [1.82, 2.24) is 4.72 Å². The summed E-state index contributed by atoms with van der Waals surface area (Å²) in [7, 11) is -1.45. The van der Waals surface area contributed by atoms with E-state index in [9.17, 15) is 4.21 Å². The van der Waals surface area contributed by atoms with Crippen LogP contribution in [-0.4, -0.2) is 27.3 Å². The Morgan fingerprint density at radius 1 is 1.00 bits per heavy atom. The summed E-state index contributed by atoms with van der Waals surface area (Å²) in [5, 5.41) is -0.319. The molecule has 1 heterocycles. The maximum Gasteiger partial charge on any atom is 0.468 e. The number of hydrogen-bond donors (Lipinski definition) is 1. The van der Waals surface area contributed by atoms with Gasteiger partial charge in [-0.05, 0) is 48.5 Å². The van der Waals surface area contributed by atoms with Gasteiger partial charge in [0.25, 0.3) is 0 Å². The first kappa shape index (κ1) is 18.7. The van der Waals surface area contributed by atoms with Crippen LogP contribution in [0, 0.1) is 0 Å². The summed E-state index contributed by atoms with van der Waals surface area (Å²) in [6.07, 6.45) is 3.70. The van der Waals surface area contributed by atoms with E-state index < -0.39 is 11.0 Å². The first-order valence-electron chi connectivity index (χ1n) is 7.40. The largest absolute Gasteiger partial charge is 0.468 e. The Morgan fingerprint density at radius 3 is 1.81 bits per heavy atom. The summed E-state index contributed by atoms with van der Waals surface area (Å²) in [4.78, 5) is 0. The molecule has 1 unspecified atom stereocenters. The third-order valence-corrected chi connectivity index (χ3v) is 5.57. The van der Waals surface area contributed by atoms with E-state index in [2.05, 4.69) is 4.72 Å². The second-order valence-corrected chi connectivity index (χ2v) is 10.2. The van der Waals surface area contributed by atoms with Crippen LogP contribution in [0.15, 0.2) is 12.3 Å². The van der Waals surface area contributed by atoms with Crippen LogP contribution in [0.25, 0.3) is 0 Å². The highest BCUT2D eigenvalue weighted by atomic mass is 32.2. The lowest BCUT2D eigenvalue weighted by Gasteiger charge is -2.32. The van der Waals surface area contributed by atoms with Crippen molar-refractivity contribution in [2.75, 3.05) is 0 Å².